The number of aliphatic hydroxyl groups is 1. The van der Waals surface area contributed by atoms with Gasteiger partial charge in [0.15, 0.2) is 11.6 Å². The molecule has 2 N–H and O–H groups in total. The molecule has 10 nitrogen and oxygen atoms in total. The molecular weight excluding hydrogens is 609 g/mol. The van der Waals surface area contributed by atoms with Gasteiger partial charge in [-0.3, -0.25) is 19.8 Å². The predicted octanol–water partition coefficient (Wildman–Crippen LogP) is 5.81. The number of ether oxygens (including phenoxy) is 1. The van der Waals surface area contributed by atoms with E-state index in [9.17, 15) is 9.90 Å². The lowest BCUT2D eigenvalue weighted by Gasteiger charge is -2.47. The molecular formula is C34H35ClFN7O3. The highest BCUT2D eigenvalue weighted by atomic mass is 35.5. The van der Waals surface area contributed by atoms with E-state index in [4.69, 9.17) is 21.3 Å². The number of piperazine rings is 1. The highest BCUT2D eigenvalue weighted by Crippen LogP contribution is 2.54. The fraction of sp³-hybridized carbons (Fsp3) is 0.353. The van der Waals surface area contributed by atoms with Gasteiger partial charge in [0.1, 0.15) is 12.4 Å². The van der Waals surface area contributed by atoms with Crippen molar-refractivity contribution in [2.75, 3.05) is 24.6 Å². The predicted molar refractivity (Wildman–Crippen MR) is 176 cm³/mol. The number of pyridine rings is 1. The molecule has 1 amide bonds. The zero-order chi connectivity index (χ0) is 32.6. The fourth-order valence-electron chi connectivity index (χ4n) is 7.17. The minimum Gasteiger partial charge on any atom is -0.487 e. The number of hydrogen-bond donors (Lipinski definition) is 2. The van der Waals surface area contributed by atoms with Gasteiger partial charge in [0.2, 0.25) is 12.3 Å². The molecule has 4 aromatic rings. The Morgan fingerprint density at radius 3 is 2.70 bits per heavy atom. The van der Waals surface area contributed by atoms with E-state index in [1.165, 1.54) is 6.08 Å². The van der Waals surface area contributed by atoms with Crippen LogP contribution in [0.5, 0.6) is 5.75 Å². The topological polar surface area (TPSA) is 110 Å². The van der Waals surface area contributed by atoms with E-state index in [2.05, 4.69) is 21.8 Å². The average molecular weight is 644 g/mol. The number of amides is 1. The number of rotatable bonds is 4. The Labute approximate surface area is 271 Å². The minimum atomic E-state index is -1.42. The molecule has 0 radical (unpaired) electrons. The third-order valence-electron chi connectivity index (χ3n) is 9.20. The Morgan fingerprint density at radius 1 is 1.17 bits per heavy atom. The van der Waals surface area contributed by atoms with E-state index < -0.39 is 12.2 Å². The number of aliphatic hydroxyl groups excluding tert-OH is 1. The van der Waals surface area contributed by atoms with Gasteiger partial charge in [0.25, 0.3) is 0 Å². The van der Waals surface area contributed by atoms with Crippen LogP contribution >= 0.6 is 11.6 Å². The molecule has 0 spiro atoms. The number of aromatic nitrogens is 3. The summed E-state index contributed by atoms with van der Waals surface area (Å²) >= 11 is 7.43. The highest BCUT2D eigenvalue weighted by Gasteiger charge is 2.46. The van der Waals surface area contributed by atoms with Gasteiger partial charge in [0.05, 0.1) is 45.4 Å². The Hall–Kier alpha value is -4.48. The van der Waals surface area contributed by atoms with E-state index in [-0.39, 0.29) is 46.9 Å². The summed E-state index contributed by atoms with van der Waals surface area (Å²) < 4.78 is 23.7. The van der Waals surface area contributed by atoms with Gasteiger partial charge in [-0.2, -0.15) is 5.10 Å². The number of nitrogens with zero attached hydrogens (tertiary/aromatic N) is 6. The van der Waals surface area contributed by atoms with Crippen molar-refractivity contribution in [3.8, 4) is 16.9 Å². The molecule has 2 aromatic carbocycles. The van der Waals surface area contributed by atoms with Crippen LogP contribution < -0.4 is 9.64 Å². The Kier molecular flexibility index (Phi) is 7.28. The van der Waals surface area contributed by atoms with Crippen molar-refractivity contribution in [2.24, 2.45) is 4.99 Å². The zero-order valence-electron chi connectivity index (χ0n) is 26.3. The molecule has 3 aliphatic heterocycles. The van der Waals surface area contributed by atoms with E-state index in [1.807, 2.05) is 57.7 Å². The van der Waals surface area contributed by atoms with Crippen LogP contribution in [0.15, 0.2) is 48.2 Å². The van der Waals surface area contributed by atoms with E-state index in [0.717, 1.165) is 22.3 Å². The summed E-state index contributed by atoms with van der Waals surface area (Å²) in [6, 6.07) is 5.03. The summed E-state index contributed by atoms with van der Waals surface area (Å²) in [6.45, 7) is 14.3. The summed E-state index contributed by atoms with van der Waals surface area (Å²) in [6.07, 6.45) is 3.26. The Balaban J connectivity index is 1.56. The van der Waals surface area contributed by atoms with Crippen LogP contribution in [0.1, 0.15) is 49.1 Å². The van der Waals surface area contributed by atoms with Crippen LogP contribution in [0, 0.1) is 19.7 Å². The highest BCUT2D eigenvalue weighted by molar-refractivity contribution is 6.38. The van der Waals surface area contributed by atoms with E-state index >= 15 is 4.39 Å². The number of amidine groups is 1. The lowest BCUT2D eigenvalue weighted by atomic mass is 9.91. The maximum absolute atomic E-state index is 17.3. The number of carbonyl (C=O) groups excluding carboxylic acids is 1. The number of aromatic amines is 1. The molecule has 5 heterocycles. The van der Waals surface area contributed by atoms with Crippen LogP contribution in [0.25, 0.3) is 22.0 Å². The van der Waals surface area contributed by atoms with E-state index in [0.29, 0.717) is 46.8 Å². The number of anilines is 2. The molecule has 0 aliphatic carbocycles. The van der Waals surface area contributed by atoms with Gasteiger partial charge in [-0.25, -0.2) is 9.38 Å². The standard InChI is InChI=1S/C34H35ClFN7O3/c1-7-23(44)41-13-19(6)42-20(14-41)15-46-32-26-31(27(35)25(28(32)36)24-17(4)8-9-22-21(24)12-38-40-22)43(34(45)39-33(26)42)30-18(5)10-11-37-29(30)16(2)3/h7-12,16,19-20,34,45H,1,13-15H2,2-6H3,(H,38,40). The van der Waals surface area contributed by atoms with Crippen LogP contribution in [0.2, 0.25) is 5.02 Å². The summed E-state index contributed by atoms with van der Waals surface area (Å²) in [4.78, 5) is 27.6. The summed E-state index contributed by atoms with van der Waals surface area (Å²) in [5.74, 6) is -0.487. The van der Waals surface area contributed by atoms with Gasteiger partial charge in [0, 0.05) is 41.8 Å². The number of hydrogen-bond acceptors (Lipinski definition) is 8. The fourth-order valence-corrected chi connectivity index (χ4v) is 7.53. The second kappa shape index (κ2) is 11.1. The van der Waals surface area contributed by atoms with Crippen LogP contribution in [0.4, 0.5) is 15.8 Å². The first kappa shape index (κ1) is 30.2. The first-order chi connectivity index (χ1) is 22.0. The van der Waals surface area contributed by atoms with Crippen LogP contribution in [0.3, 0.4) is 0 Å². The van der Waals surface area contributed by atoms with Gasteiger partial charge in [-0.15, -0.1) is 0 Å². The van der Waals surface area contributed by atoms with Crippen molar-refractivity contribution >= 4 is 45.6 Å². The molecule has 3 unspecified atom stereocenters. The molecule has 3 atom stereocenters. The number of benzene rings is 2. The Morgan fingerprint density at radius 2 is 1.96 bits per heavy atom. The maximum Gasteiger partial charge on any atom is 0.246 e. The van der Waals surface area contributed by atoms with Crippen molar-refractivity contribution in [1.29, 1.82) is 0 Å². The smallest absolute Gasteiger partial charge is 0.246 e. The quantitative estimate of drug-likeness (QED) is 0.270. The number of fused-ring (bicyclic) bond motifs is 3. The first-order valence-corrected chi connectivity index (χ1v) is 15.7. The molecule has 1 saturated heterocycles. The number of H-pyrrole nitrogens is 1. The molecule has 0 saturated carbocycles. The number of aryl methyl sites for hydroxylation is 2. The largest absolute Gasteiger partial charge is 0.487 e. The molecule has 1 fully saturated rings. The zero-order valence-corrected chi connectivity index (χ0v) is 27.1. The van der Waals surface area contributed by atoms with Crippen LogP contribution in [-0.4, -0.2) is 80.0 Å². The number of aliphatic imine (C=N–C) groups is 1. The molecule has 238 valence electrons. The van der Waals surface area contributed by atoms with Crippen molar-refractivity contribution in [3.05, 3.63) is 76.5 Å². The SMILES string of the molecule is C=CC(=O)N1CC(C)N2C3=NC(O)N(c4c(C)ccnc4C(C)C)c4c(Cl)c(-c5c(C)ccc6[nH]ncc56)c(F)c(c43)OCC2C1. The second-order valence-corrected chi connectivity index (χ2v) is 12.9. The maximum atomic E-state index is 17.3. The van der Waals surface area contributed by atoms with Gasteiger partial charge >= 0.3 is 0 Å². The van der Waals surface area contributed by atoms with Crippen molar-refractivity contribution < 1.29 is 19.0 Å². The minimum absolute atomic E-state index is 0.0113. The molecule has 0 bridgehead atoms. The third kappa shape index (κ3) is 4.39. The normalized spacial score (nSPS) is 20.7. The molecule has 2 aromatic heterocycles. The lowest BCUT2D eigenvalue weighted by molar-refractivity contribution is -0.129. The molecule has 3 aliphatic rings. The van der Waals surface area contributed by atoms with E-state index in [1.54, 1.807) is 22.2 Å². The summed E-state index contributed by atoms with van der Waals surface area (Å²) in [5, 5.41) is 20.0. The van der Waals surface area contributed by atoms with Crippen molar-refractivity contribution in [2.45, 2.75) is 59.0 Å². The number of halogens is 2. The molecule has 7 rings (SSSR count). The second-order valence-electron chi connectivity index (χ2n) is 12.5. The van der Waals surface area contributed by atoms with Gasteiger partial charge in [-0.1, -0.05) is 38.1 Å². The average Bonchev–Trinajstić information content (AvgIpc) is 3.43. The van der Waals surface area contributed by atoms with Crippen LogP contribution in [-0.2, 0) is 4.79 Å². The number of carbonyl (C=O) groups is 1. The summed E-state index contributed by atoms with van der Waals surface area (Å²) in [5.41, 5.74) is 5.17. The molecule has 12 heteroatoms. The first-order valence-electron chi connectivity index (χ1n) is 15.3. The van der Waals surface area contributed by atoms with Gasteiger partial charge < -0.3 is 19.6 Å². The third-order valence-corrected chi connectivity index (χ3v) is 9.57. The Bertz CT molecular complexity index is 1960. The molecule has 46 heavy (non-hydrogen) atoms. The summed E-state index contributed by atoms with van der Waals surface area (Å²) in [7, 11) is 0. The number of nitrogens with one attached hydrogen (secondary N) is 1. The lowest BCUT2D eigenvalue weighted by Crippen LogP contribution is -2.62. The van der Waals surface area contributed by atoms with Gasteiger partial charge in [-0.05, 0) is 56.0 Å². The monoisotopic (exact) mass is 643 g/mol. The van der Waals surface area contributed by atoms with Crippen molar-refractivity contribution in [1.82, 2.24) is 25.0 Å². The van der Waals surface area contributed by atoms with Crippen molar-refractivity contribution in [3.63, 3.8) is 0 Å².